The van der Waals surface area contributed by atoms with Crippen LogP contribution in [0.25, 0.3) is 0 Å². The summed E-state index contributed by atoms with van der Waals surface area (Å²) < 4.78 is 2.39. The fourth-order valence-electron chi connectivity index (χ4n) is 5.61. The second-order valence-corrected chi connectivity index (χ2v) is 10.2. The molecular weight excluding hydrogens is 466 g/mol. The van der Waals surface area contributed by atoms with Crippen LogP contribution in [0.5, 0.6) is 0 Å². The molecule has 6 nitrogen and oxygen atoms in total. The highest BCUT2D eigenvalue weighted by Crippen LogP contribution is 2.40. The summed E-state index contributed by atoms with van der Waals surface area (Å²) in [5.74, 6) is -0.00138. The standard InChI is InChI=1S/C29H35N5OS/c1-2-21-10-6-7-13-24(21)31-26(35)16-19-34-28(27(32-29(34)36)25-14-8-9-17-30-25)22-15-18-33(20-22)23-11-4-3-5-12-23/h6-10,13-15,17-18,20,23,27-28H,2-5,11-12,16,19H2,1H3,(H,31,35)(H,32,36)/t27-,28-/m0/s1. The molecule has 3 heterocycles. The summed E-state index contributed by atoms with van der Waals surface area (Å²) in [6.45, 7) is 2.63. The number of nitrogens with one attached hydrogen (secondary N) is 2. The van der Waals surface area contributed by atoms with Gasteiger partial charge in [0.2, 0.25) is 5.91 Å². The number of amides is 1. The summed E-state index contributed by atoms with van der Waals surface area (Å²) in [6.07, 6.45) is 14.0. The van der Waals surface area contributed by atoms with E-state index in [2.05, 4.69) is 56.5 Å². The van der Waals surface area contributed by atoms with Gasteiger partial charge in [-0.1, -0.05) is 50.5 Å². The number of carbonyl (C=O) groups excluding carboxylic acids is 1. The van der Waals surface area contributed by atoms with Crippen molar-refractivity contribution in [2.45, 2.75) is 70.0 Å². The third kappa shape index (κ3) is 5.31. The first kappa shape index (κ1) is 24.5. The number of rotatable bonds is 8. The van der Waals surface area contributed by atoms with Crippen LogP contribution >= 0.6 is 12.2 Å². The first-order valence-corrected chi connectivity index (χ1v) is 13.6. The molecule has 0 bridgehead atoms. The maximum Gasteiger partial charge on any atom is 0.226 e. The third-order valence-corrected chi connectivity index (χ3v) is 7.88. The number of hydrogen-bond acceptors (Lipinski definition) is 3. The largest absolute Gasteiger partial charge is 0.352 e. The Labute approximate surface area is 219 Å². The lowest BCUT2D eigenvalue weighted by molar-refractivity contribution is -0.116. The van der Waals surface area contributed by atoms with Gasteiger partial charge in [0.25, 0.3) is 0 Å². The number of thiocarbonyl (C=S) groups is 1. The Balaban J connectivity index is 1.35. The number of benzene rings is 1. The Hall–Kier alpha value is -3.19. The Bertz CT molecular complexity index is 1190. The molecule has 3 aromatic rings. The van der Waals surface area contributed by atoms with Crippen LogP contribution in [-0.4, -0.2) is 32.0 Å². The van der Waals surface area contributed by atoms with Gasteiger partial charge in [-0.2, -0.15) is 0 Å². The van der Waals surface area contributed by atoms with Crippen molar-refractivity contribution < 1.29 is 4.79 Å². The third-order valence-electron chi connectivity index (χ3n) is 7.53. The SMILES string of the molecule is CCc1ccccc1NC(=O)CCN1C(=S)N[C@@H](c2ccccn2)[C@@H]1c1ccn(C2CCCCC2)c1. The average molecular weight is 502 g/mol. The predicted octanol–water partition coefficient (Wildman–Crippen LogP) is 5.95. The number of pyridine rings is 1. The fraction of sp³-hybridized carbons (Fsp3) is 0.414. The van der Waals surface area contributed by atoms with Crippen LogP contribution in [0.4, 0.5) is 5.69 Å². The molecule has 1 amide bonds. The Morgan fingerprint density at radius 3 is 2.69 bits per heavy atom. The minimum absolute atomic E-state index is 0.00138. The second kappa shape index (κ2) is 11.2. The summed E-state index contributed by atoms with van der Waals surface area (Å²) in [5, 5.41) is 7.27. The van der Waals surface area contributed by atoms with Crippen molar-refractivity contribution in [3.63, 3.8) is 0 Å². The van der Waals surface area contributed by atoms with Crippen molar-refractivity contribution in [1.29, 1.82) is 0 Å². The van der Waals surface area contributed by atoms with Crippen molar-refractivity contribution in [2.24, 2.45) is 0 Å². The van der Waals surface area contributed by atoms with Crippen LogP contribution in [-0.2, 0) is 11.2 Å². The van der Waals surface area contributed by atoms with E-state index in [0.29, 0.717) is 24.1 Å². The normalized spacial score (nSPS) is 20.4. The zero-order chi connectivity index (χ0) is 24.9. The van der Waals surface area contributed by atoms with Crippen LogP contribution in [0.3, 0.4) is 0 Å². The minimum atomic E-state index is -0.0650. The average Bonchev–Trinajstić information content (AvgIpc) is 3.53. The predicted molar refractivity (Wildman–Crippen MR) is 148 cm³/mol. The number of nitrogens with zero attached hydrogens (tertiary/aromatic N) is 3. The molecule has 2 atom stereocenters. The molecule has 0 unspecified atom stereocenters. The number of anilines is 1. The Morgan fingerprint density at radius 2 is 1.92 bits per heavy atom. The molecule has 2 N–H and O–H groups in total. The summed E-state index contributed by atoms with van der Waals surface area (Å²) >= 11 is 5.80. The van der Waals surface area contributed by atoms with Crippen LogP contribution < -0.4 is 10.6 Å². The highest BCUT2D eigenvalue weighted by molar-refractivity contribution is 7.80. The first-order valence-electron chi connectivity index (χ1n) is 13.2. The van der Waals surface area contributed by atoms with Gasteiger partial charge in [-0.3, -0.25) is 9.78 Å². The van der Waals surface area contributed by atoms with E-state index in [-0.39, 0.29) is 18.0 Å². The van der Waals surface area contributed by atoms with Crippen molar-refractivity contribution in [3.8, 4) is 0 Å². The number of aryl methyl sites for hydroxylation is 1. The van der Waals surface area contributed by atoms with Gasteiger partial charge in [0.15, 0.2) is 5.11 Å². The lowest BCUT2D eigenvalue weighted by Crippen LogP contribution is -2.32. The van der Waals surface area contributed by atoms with Crippen molar-refractivity contribution in [2.75, 3.05) is 11.9 Å². The molecule has 2 fully saturated rings. The van der Waals surface area contributed by atoms with Crippen molar-refractivity contribution in [3.05, 3.63) is 83.9 Å². The summed E-state index contributed by atoms with van der Waals surface area (Å²) in [4.78, 5) is 19.7. The molecule has 188 valence electrons. The molecule has 7 heteroatoms. The molecule has 0 radical (unpaired) electrons. The summed E-state index contributed by atoms with van der Waals surface area (Å²) in [6, 6.07) is 16.7. The van der Waals surface area contributed by atoms with Crippen LogP contribution in [0, 0.1) is 0 Å². The van der Waals surface area contributed by atoms with Crippen molar-refractivity contribution in [1.82, 2.24) is 19.8 Å². The summed E-state index contributed by atoms with van der Waals surface area (Å²) in [5.41, 5.74) is 4.19. The molecular formula is C29H35N5OS. The molecule has 0 spiro atoms. The molecule has 5 rings (SSSR count). The Morgan fingerprint density at radius 1 is 1.11 bits per heavy atom. The Kier molecular flexibility index (Phi) is 7.66. The highest BCUT2D eigenvalue weighted by atomic mass is 32.1. The smallest absolute Gasteiger partial charge is 0.226 e. The molecule has 2 aromatic heterocycles. The van der Waals surface area contributed by atoms with Gasteiger partial charge in [-0.25, -0.2) is 0 Å². The second-order valence-electron chi connectivity index (χ2n) is 9.81. The van der Waals surface area contributed by atoms with Gasteiger partial charge < -0.3 is 20.1 Å². The van der Waals surface area contributed by atoms with E-state index in [9.17, 15) is 4.79 Å². The molecule has 1 aromatic carbocycles. The quantitative estimate of drug-likeness (QED) is 0.373. The van der Waals surface area contributed by atoms with E-state index in [1.54, 1.807) is 0 Å². The van der Waals surface area contributed by atoms with Crippen LogP contribution in [0.15, 0.2) is 67.1 Å². The van der Waals surface area contributed by atoms with Crippen LogP contribution in [0.1, 0.15) is 80.4 Å². The topological polar surface area (TPSA) is 62.2 Å². The molecule has 1 saturated carbocycles. The highest BCUT2D eigenvalue weighted by Gasteiger charge is 2.40. The maximum atomic E-state index is 12.9. The number of hydrogen-bond donors (Lipinski definition) is 2. The number of para-hydroxylation sites is 1. The molecule has 36 heavy (non-hydrogen) atoms. The molecule has 2 aliphatic rings. The van der Waals surface area contributed by atoms with Gasteiger partial charge in [0, 0.05) is 43.3 Å². The van der Waals surface area contributed by atoms with E-state index >= 15 is 0 Å². The van der Waals surface area contributed by atoms with Crippen LogP contribution in [0.2, 0.25) is 0 Å². The van der Waals surface area contributed by atoms with Gasteiger partial charge in [-0.15, -0.1) is 0 Å². The van der Waals surface area contributed by atoms with E-state index in [4.69, 9.17) is 12.2 Å². The number of aromatic nitrogens is 2. The monoisotopic (exact) mass is 501 g/mol. The number of carbonyl (C=O) groups is 1. The zero-order valence-electron chi connectivity index (χ0n) is 20.9. The minimum Gasteiger partial charge on any atom is -0.352 e. The van der Waals surface area contributed by atoms with Gasteiger partial charge in [0.05, 0.1) is 17.8 Å². The van der Waals surface area contributed by atoms with E-state index in [1.165, 1.54) is 37.7 Å². The molecule has 1 aliphatic carbocycles. The molecule has 1 aliphatic heterocycles. The van der Waals surface area contributed by atoms with Gasteiger partial charge >= 0.3 is 0 Å². The van der Waals surface area contributed by atoms with Crippen molar-refractivity contribution >= 4 is 28.9 Å². The van der Waals surface area contributed by atoms with Gasteiger partial charge in [0.1, 0.15) is 0 Å². The lowest BCUT2D eigenvalue weighted by atomic mass is 9.95. The molecule has 1 saturated heterocycles. The first-order chi connectivity index (χ1) is 17.6. The fourth-order valence-corrected chi connectivity index (χ4v) is 5.94. The zero-order valence-corrected chi connectivity index (χ0v) is 21.7. The summed E-state index contributed by atoms with van der Waals surface area (Å²) in [7, 11) is 0. The van der Waals surface area contributed by atoms with E-state index in [1.807, 2.05) is 42.6 Å². The van der Waals surface area contributed by atoms with E-state index < -0.39 is 0 Å². The van der Waals surface area contributed by atoms with E-state index in [0.717, 1.165) is 23.4 Å². The maximum absolute atomic E-state index is 12.9. The van der Waals surface area contributed by atoms with Gasteiger partial charge in [-0.05, 0) is 66.9 Å². The lowest BCUT2D eigenvalue weighted by Gasteiger charge is -2.27.